The first-order chi connectivity index (χ1) is 10.1. The van der Waals surface area contributed by atoms with Crippen molar-refractivity contribution in [2.75, 3.05) is 0 Å². The molecule has 1 fully saturated rings. The first-order valence-electron chi connectivity index (χ1n) is 8.15. The van der Waals surface area contributed by atoms with Crippen molar-refractivity contribution >= 4 is 12.0 Å². The average molecular weight is 285 g/mol. The highest BCUT2D eigenvalue weighted by Crippen LogP contribution is 2.23. The zero-order valence-electron chi connectivity index (χ0n) is 13.4. The van der Waals surface area contributed by atoms with Gasteiger partial charge >= 0.3 is 0 Å². The summed E-state index contributed by atoms with van der Waals surface area (Å²) in [6, 6.07) is 8.75. The number of carbonyl (C=O) groups excluding carboxylic acids is 1. The van der Waals surface area contributed by atoms with Crippen molar-refractivity contribution in [2.24, 2.45) is 5.92 Å². The van der Waals surface area contributed by atoms with E-state index < -0.39 is 0 Å². The van der Waals surface area contributed by atoms with E-state index in [0.29, 0.717) is 17.9 Å². The van der Waals surface area contributed by atoms with Crippen LogP contribution >= 0.6 is 0 Å². The van der Waals surface area contributed by atoms with Crippen LogP contribution in [0.2, 0.25) is 0 Å². The van der Waals surface area contributed by atoms with Crippen LogP contribution in [0.5, 0.6) is 0 Å². The molecule has 1 aromatic rings. The van der Waals surface area contributed by atoms with Gasteiger partial charge in [-0.05, 0) is 41.9 Å². The van der Waals surface area contributed by atoms with Crippen LogP contribution in [0.15, 0.2) is 30.3 Å². The van der Waals surface area contributed by atoms with E-state index in [-0.39, 0.29) is 5.91 Å². The summed E-state index contributed by atoms with van der Waals surface area (Å²) in [5.41, 5.74) is 2.40. The molecule has 1 aliphatic carbocycles. The Balaban J connectivity index is 1.89. The summed E-state index contributed by atoms with van der Waals surface area (Å²) in [6.07, 6.45) is 8.43. The van der Waals surface area contributed by atoms with Crippen molar-refractivity contribution in [1.82, 2.24) is 5.32 Å². The first-order valence-corrected chi connectivity index (χ1v) is 8.15. The van der Waals surface area contributed by atoms with Crippen LogP contribution < -0.4 is 5.32 Å². The van der Waals surface area contributed by atoms with Gasteiger partial charge in [0.15, 0.2) is 0 Å². The van der Waals surface area contributed by atoms with Gasteiger partial charge in [-0.2, -0.15) is 0 Å². The molecule has 1 N–H and O–H groups in total. The van der Waals surface area contributed by atoms with Gasteiger partial charge in [-0.3, -0.25) is 4.79 Å². The van der Waals surface area contributed by atoms with Gasteiger partial charge in [0.25, 0.3) is 0 Å². The number of hydrogen-bond acceptors (Lipinski definition) is 1. The maximum Gasteiger partial charge on any atom is 0.244 e. The van der Waals surface area contributed by atoms with E-state index in [0.717, 1.165) is 12.0 Å². The van der Waals surface area contributed by atoms with Crippen molar-refractivity contribution in [3.8, 4) is 0 Å². The number of amides is 1. The van der Waals surface area contributed by atoms with Crippen LogP contribution in [-0.2, 0) is 4.79 Å². The number of benzene rings is 1. The van der Waals surface area contributed by atoms with Crippen molar-refractivity contribution in [1.29, 1.82) is 0 Å². The van der Waals surface area contributed by atoms with E-state index in [1.54, 1.807) is 6.08 Å². The van der Waals surface area contributed by atoms with Gasteiger partial charge in [-0.15, -0.1) is 0 Å². The molecule has 0 aliphatic heterocycles. The lowest BCUT2D eigenvalue weighted by Crippen LogP contribution is -2.40. The van der Waals surface area contributed by atoms with Gasteiger partial charge in [-0.1, -0.05) is 57.9 Å². The van der Waals surface area contributed by atoms with Crippen LogP contribution in [0.3, 0.4) is 0 Å². The molecular formula is C19H27NO. The predicted molar refractivity (Wildman–Crippen MR) is 89.1 cm³/mol. The Labute approximate surface area is 128 Å². The van der Waals surface area contributed by atoms with Crippen LogP contribution in [-0.4, -0.2) is 11.9 Å². The van der Waals surface area contributed by atoms with Crippen LogP contribution in [0, 0.1) is 5.92 Å². The number of carbonyl (C=O) groups is 1. The van der Waals surface area contributed by atoms with Gasteiger partial charge in [0.05, 0.1) is 0 Å². The van der Waals surface area contributed by atoms with E-state index in [1.807, 2.05) is 6.08 Å². The Morgan fingerprint density at radius 1 is 1.19 bits per heavy atom. The Morgan fingerprint density at radius 3 is 2.48 bits per heavy atom. The highest BCUT2D eigenvalue weighted by Gasteiger charge is 2.21. The van der Waals surface area contributed by atoms with E-state index in [2.05, 4.69) is 50.4 Å². The number of rotatable bonds is 4. The lowest BCUT2D eigenvalue weighted by Gasteiger charge is -2.29. The van der Waals surface area contributed by atoms with E-state index in [9.17, 15) is 4.79 Å². The Bertz CT molecular complexity index is 487. The van der Waals surface area contributed by atoms with Crippen molar-refractivity contribution in [2.45, 2.75) is 58.4 Å². The third-order valence-electron chi connectivity index (χ3n) is 4.47. The zero-order valence-corrected chi connectivity index (χ0v) is 13.4. The molecule has 0 heterocycles. The summed E-state index contributed by atoms with van der Waals surface area (Å²) in [7, 11) is 0. The second kappa shape index (κ2) is 7.44. The van der Waals surface area contributed by atoms with E-state index >= 15 is 0 Å². The van der Waals surface area contributed by atoms with Crippen molar-refractivity contribution < 1.29 is 4.79 Å². The molecule has 1 aliphatic rings. The molecule has 114 valence electrons. The molecule has 1 saturated carbocycles. The highest BCUT2D eigenvalue weighted by molar-refractivity contribution is 5.91. The molecule has 2 atom stereocenters. The lowest BCUT2D eigenvalue weighted by molar-refractivity contribution is -0.117. The number of nitrogens with one attached hydrogen (secondary N) is 1. The fourth-order valence-corrected chi connectivity index (χ4v) is 2.93. The van der Waals surface area contributed by atoms with Gasteiger partial charge in [0.1, 0.15) is 0 Å². The third-order valence-corrected chi connectivity index (χ3v) is 4.47. The molecule has 0 aromatic heterocycles. The highest BCUT2D eigenvalue weighted by atomic mass is 16.1. The minimum absolute atomic E-state index is 0.0293. The first kappa shape index (κ1) is 15.8. The third kappa shape index (κ3) is 4.73. The Hall–Kier alpha value is -1.57. The molecule has 0 saturated heterocycles. The quantitative estimate of drug-likeness (QED) is 0.810. The number of hydrogen-bond donors (Lipinski definition) is 1. The molecule has 1 amide bonds. The lowest BCUT2D eigenvalue weighted by atomic mass is 9.86. The van der Waals surface area contributed by atoms with Gasteiger partial charge in [0.2, 0.25) is 5.91 Å². The summed E-state index contributed by atoms with van der Waals surface area (Å²) >= 11 is 0. The maximum absolute atomic E-state index is 12.0. The molecule has 2 rings (SSSR count). The van der Waals surface area contributed by atoms with Crippen molar-refractivity contribution in [3.05, 3.63) is 41.5 Å². The average Bonchev–Trinajstić information content (AvgIpc) is 2.48. The van der Waals surface area contributed by atoms with Gasteiger partial charge in [-0.25, -0.2) is 0 Å². The smallest absolute Gasteiger partial charge is 0.244 e. The van der Waals surface area contributed by atoms with Crippen LogP contribution in [0.4, 0.5) is 0 Å². The summed E-state index contributed by atoms with van der Waals surface area (Å²) in [4.78, 5) is 12.0. The summed E-state index contributed by atoms with van der Waals surface area (Å²) in [5.74, 6) is 1.17. The fraction of sp³-hybridized carbons (Fsp3) is 0.526. The largest absolute Gasteiger partial charge is 0.350 e. The molecule has 0 spiro atoms. The van der Waals surface area contributed by atoms with E-state index in [4.69, 9.17) is 0 Å². The molecule has 0 radical (unpaired) electrons. The summed E-state index contributed by atoms with van der Waals surface area (Å²) in [6.45, 7) is 6.60. The van der Waals surface area contributed by atoms with E-state index in [1.165, 1.54) is 24.8 Å². The predicted octanol–water partition coefficient (Wildman–Crippen LogP) is 4.52. The summed E-state index contributed by atoms with van der Waals surface area (Å²) in [5, 5.41) is 3.14. The van der Waals surface area contributed by atoms with Crippen LogP contribution in [0.1, 0.15) is 63.5 Å². The topological polar surface area (TPSA) is 29.1 Å². The molecular weight excluding hydrogens is 258 g/mol. The van der Waals surface area contributed by atoms with Gasteiger partial charge in [0, 0.05) is 12.1 Å². The Morgan fingerprint density at radius 2 is 1.86 bits per heavy atom. The maximum atomic E-state index is 12.0. The molecule has 2 nitrogen and oxygen atoms in total. The fourth-order valence-electron chi connectivity index (χ4n) is 2.93. The Kier molecular flexibility index (Phi) is 5.60. The summed E-state index contributed by atoms with van der Waals surface area (Å²) < 4.78 is 0. The molecule has 0 bridgehead atoms. The minimum Gasteiger partial charge on any atom is -0.350 e. The SMILES string of the molecule is CC(C)c1ccc(/C=C/C(=O)N[C@H]2CCCC[C@@H]2C)cc1. The monoisotopic (exact) mass is 285 g/mol. The molecule has 1 aromatic carbocycles. The normalized spacial score (nSPS) is 22.7. The second-order valence-electron chi connectivity index (χ2n) is 6.53. The molecule has 21 heavy (non-hydrogen) atoms. The van der Waals surface area contributed by atoms with Crippen molar-refractivity contribution in [3.63, 3.8) is 0 Å². The molecule has 0 unspecified atom stereocenters. The molecule has 2 heteroatoms. The standard InChI is InChI=1S/C19H27NO/c1-14(2)17-11-8-16(9-12-17)10-13-19(21)20-18-7-5-4-6-15(18)3/h8-15,18H,4-7H2,1-3H3,(H,20,21)/b13-10+/t15-,18-/m0/s1. The minimum atomic E-state index is 0.0293. The van der Waals surface area contributed by atoms with Gasteiger partial charge < -0.3 is 5.32 Å². The zero-order chi connectivity index (χ0) is 15.2. The second-order valence-corrected chi connectivity index (χ2v) is 6.53. The van der Waals surface area contributed by atoms with Crippen LogP contribution in [0.25, 0.3) is 6.08 Å².